The Morgan fingerprint density at radius 1 is 1.10 bits per heavy atom. The molecule has 21 heavy (non-hydrogen) atoms. The Morgan fingerprint density at radius 3 is 2.48 bits per heavy atom. The molecule has 2 nitrogen and oxygen atoms in total. The summed E-state index contributed by atoms with van der Waals surface area (Å²) in [5.41, 5.74) is 3.96. The maximum Gasteiger partial charge on any atom is 0.0570 e. The Hall–Kier alpha value is -1.67. The van der Waals surface area contributed by atoms with E-state index >= 15 is 0 Å². The minimum atomic E-state index is 0.173. The Morgan fingerprint density at radius 2 is 1.81 bits per heavy atom. The minimum Gasteiger partial charge on any atom is -0.309 e. The highest BCUT2D eigenvalue weighted by Gasteiger charge is 2.22. The van der Waals surface area contributed by atoms with Gasteiger partial charge in [0.1, 0.15) is 0 Å². The second-order valence-corrected chi connectivity index (χ2v) is 6.50. The zero-order valence-corrected chi connectivity index (χ0v) is 13.6. The van der Waals surface area contributed by atoms with Crippen molar-refractivity contribution in [1.82, 2.24) is 10.3 Å². The van der Waals surface area contributed by atoms with Crippen molar-refractivity contribution in [3.05, 3.63) is 65.5 Å². The SMILES string of the molecule is Cc1cccnc1CNC(C)CC(C)(C)c1ccccc1. The fourth-order valence-corrected chi connectivity index (χ4v) is 2.82. The number of benzene rings is 1. The number of aryl methyl sites for hydroxylation is 1. The van der Waals surface area contributed by atoms with E-state index in [1.807, 2.05) is 12.3 Å². The van der Waals surface area contributed by atoms with Gasteiger partial charge in [-0.3, -0.25) is 4.98 Å². The molecule has 0 aliphatic heterocycles. The Kier molecular flexibility index (Phi) is 5.13. The van der Waals surface area contributed by atoms with Crippen molar-refractivity contribution in [2.75, 3.05) is 0 Å². The van der Waals surface area contributed by atoms with E-state index in [1.54, 1.807) is 0 Å². The Balaban J connectivity index is 1.93. The number of pyridine rings is 1. The fraction of sp³-hybridized carbons (Fsp3) is 0.421. The molecule has 2 rings (SSSR count). The molecule has 112 valence electrons. The van der Waals surface area contributed by atoms with Crippen molar-refractivity contribution in [3.8, 4) is 0 Å². The van der Waals surface area contributed by atoms with E-state index in [0.29, 0.717) is 6.04 Å². The summed E-state index contributed by atoms with van der Waals surface area (Å²) in [6, 6.07) is 15.3. The van der Waals surface area contributed by atoms with Crippen LogP contribution in [0.4, 0.5) is 0 Å². The molecular weight excluding hydrogens is 256 g/mol. The van der Waals surface area contributed by atoms with Gasteiger partial charge in [0, 0.05) is 18.8 Å². The quantitative estimate of drug-likeness (QED) is 0.857. The van der Waals surface area contributed by atoms with E-state index < -0.39 is 0 Å². The standard InChI is InChI=1S/C19H26N2/c1-15-9-8-12-20-18(15)14-21-16(2)13-19(3,4)17-10-6-5-7-11-17/h5-12,16,21H,13-14H2,1-4H3. The molecule has 1 aromatic heterocycles. The summed E-state index contributed by atoms with van der Waals surface area (Å²) in [5, 5.41) is 3.60. The third-order valence-corrected chi connectivity index (χ3v) is 4.11. The second-order valence-electron chi connectivity index (χ2n) is 6.50. The van der Waals surface area contributed by atoms with Gasteiger partial charge < -0.3 is 5.32 Å². The van der Waals surface area contributed by atoms with Crippen molar-refractivity contribution in [2.24, 2.45) is 0 Å². The zero-order chi connectivity index (χ0) is 15.3. The van der Waals surface area contributed by atoms with Crippen LogP contribution < -0.4 is 5.32 Å². The second kappa shape index (κ2) is 6.86. The van der Waals surface area contributed by atoms with Gasteiger partial charge >= 0.3 is 0 Å². The first-order valence-corrected chi connectivity index (χ1v) is 7.68. The first kappa shape index (κ1) is 15.7. The van der Waals surface area contributed by atoms with E-state index in [2.05, 4.69) is 74.4 Å². The number of aromatic nitrogens is 1. The van der Waals surface area contributed by atoms with Crippen LogP contribution in [-0.2, 0) is 12.0 Å². The van der Waals surface area contributed by atoms with Gasteiger partial charge in [0.15, 0.2) is 0 Å². The van der Waals surface area contributed by atoms with Crippen molar-refractivity contribution >= 4 is 0 Å². The molecule has 1 unspecified atom stereocenters. The van der Waals surface area contributed by atoms with Gasteiger partial charge in [-0.1, -0.05) is 50.2 Å². The lowest BCUT2D eigenvalue weighted by atomic mass is 9.79. The van der Waals surface area contributed by atoms with Gasteiger partial charge in [-0.15, -0.1) is 0 Å². The average molecular weight is 282 g/mol. The van der Waals surface area contributed by atoms with E-state index in [-0.39, 0.29) is 5.41 Å². The fourth-order valence-electron chi connectivity index (χ4n) is 2.82. The number of nitrogens with one attached hydrogen (secondary N) is 1. The Labute approximate surface area is 128 Å². The lowest BCUT2D eigenvalue weighted by Crippen LogP contribution is -2.33. The number of hydrogen-bond acceptors (Lipinski definition) is 2. The van der Waals surface area contributed by atoms with E-state index in [0.717, 1.165) is 18.7 Å². The molecule has 1 heterocycles. The highest BCUT2D eigenvalue weighted by atomic mass is 14.9. The van der Waals surface area contributed by atoms with E-state index in [4.69, 9.17) is 0 Å². The third kappa shape index (κ3) is 4.40. The number of rotatable bonds is 6. The van der Waals surface area contributed by atoms with Crippen LogP contribution in [0.15, 0.2) is 48.7 Å². The van der Waals surface area contributed by atoms with Crippen molar-refractivity contribution < 1.29 is 0 Å². The highest BCUT2D eigenvalue weighted by molar-refractivity contribution is 5.23. The van der Waals surface area contributed by atoms with Gasteiger partial charge in [-0.25, -0.2) is 0 Å². The Bertz CT molecular complexity index is 561. The lowest BCUT2D eigenvalue weighted by molar-refractivity contribution is 0.386. The normalized spacial score (nSPS) is 13.1. The average Bonchev–Trinajstić information content (AvgIpc) is 2.47. The van der Waals surface area contributed by atoms with Crippen LogP contribution >= 0.6 is 0 Å². The molecule has 1 aromatic carbocycles. The summed E-state index contributed by atoms with van der Waals surface area (Å²) < 4.78 is 0. The van der Waals surface area contributed by atoms with Crippen LogP contribution in [0.25, 0.3) is 0 Å². The van der Waals surface area contributed by atoms with E-state index in [1.165, 1.54) is 11.1 Å². The molecule has 1 N–H and O–H groups in total. The molecule has 0 fully saturated rings. The first-order valence-electron chi connectivity index (χ1n) is 7.68. The molecule has 0 aliphatic carbocycles. The smallest absolute Gasteiger partial charge is 0.0570 e. The van der Waals surface area contributed by atoms with Crippen molar-refractivity contribution in [1.29, 1.82) is 0 Å². The summed E-state index contributed by atoms with van der Waals surface area (Å²) >= 11 is 0. The van der Waals surface area contributed by atoms with Crippen molar-refractivity contribution in [3.63, 3.8) is 0 Å². The minimum absolute atomic E-state index is 0.173. The molecular formula is C19H26N2. The topological polar surface area (TPSA) is 24.9 Å². The van der Waals surface area contributed by atoms with Gasteiger partial charge in [-0.05, 0) is 42.9 Å². The summed E-state index contributed by atoms with van der Waals surface area (Å²) in [5.74, 6) is 0. The van der Waals surface area contributed by atoms with Gasteiger partial charge in [0.25, 0.3) is 0 Å². The van der Waals surface area contributed by atoms with Crippen LogP contribution in [0.2, 0.25) is 0 Å². The van der Waals surface area contributed by atoms with Crippen LogP contribution in [-0.4, -0.2) is 11.0 Å². The molecule has 0 radical (unpaired) electrons. The predicted octanol–water partition coefficient (Wildman–Crippen LogP) is 4.24. The largest absolute Gasteiger partial charge is 0.309 e. The maximum absolute atomic E-state index is 4.44. The zero-order valence-electron chi connectivity index (χ0n) is 13.6. The maximum atomic E-state index is 4.44. The molecule has 1 atom stereocenters. The van der Waals surface area contributed by atoms with Crippen molar-refractivity contribution in [2.45, 2.75) is 52.1 Å². The molecule has 0 spiro atoms. The molecule has 2 heteroatoms. The molecule has 0 bridgehead atoms. The first-order chi connectivity index (χ1) is 9.99. The molecule has 0 saturated carbocycles. The van der Waals surface area contributed by atoms with Crippen LogP contribution in [0.3, 0.4) is 0 Å². The molecule has 0 amide bonds. The van der Waals surface area contributed by atoms with E-state index in [9.17, 15) is 0 Å². The van der Waals surface area contributed by atoms with Crippen LogP contribution in [0.1, 0.15) is 44.0 Å². The molecule has 0 saturated heterocycles. The monoisotopic (exact) mass is 282 g/mol. The highest BCUT2D eigenvalue weighted by Crippen LogP contribution is 2.28. The number of nitrogens with zero attached hydrogens (tertiary/aromatic N) is 1. The molecule has 2 aromatic rings. The van der Waals surface area contributed by atoms with Gasteiger partial charge in [0.05, 0.1) is 5.69 Å². The summed E-state index contributed by atoms with van der Waals surface area (Å²) in [4.78, 5) is 4.44. The predicted molar refractivity (Wildman–Crippen MR) is 89.4 cm³/mol. The van der Waals surface area contributed by atoms with Crippen LogP contribution in [0.5, 0.6) is 0 Å². The van der Waals surface area contributed by atoms with Gasteiger partial charge in [-0.2, -0.15) is 0 Å². The summed E-state index contributed by atoms with van der Waals surface area (Å²) in [6.07, 6.45) is 2.96. The third-order valence-electron chi connectivity index (χ3n) is 4.11. The lowest BCUT2D eigenvalue weighted by Gasteiger charge is -2.29. The van der Waals surface area contributed by atoms with Crippen LogP contribution in [0, 0.1) is 6.92 Å². The van der Waals surface area contributed by atoms with Gasteiger partial charge in [0.2, 0.25) is 0 Å². The summed E-state index contributed by atoms with van der Waals surface area (Å²) in [6.45, 7) is 9.82. The molecule has 0 aliphatic rings. The summed E-state index contributed by atoms with van der Waals surface area (Å²) in [7, 11) is 0. The number of hydrogen-bond donors (Lipinski definition) is 1.